The second-order valence-corrected chi connectivity index (χ2v) is 11.4. The first kappa shape index (κ1) is 21.7. The molecule has 0 heterocycles. The van der Waals surface area contributed by atoms with E-state index in [1.54, 1.807) is 19.2 Å². The van der Waals surface area contributed by atoms with Crippen molar-refractivity contribution in [3.05, 3.63) is 42.0 Å². The molecule has 0 amide bonds. The summed E-state index contributed by atoms with van der Waals surface area (Å²) in [5.74, 6) is 1.28. The second-order valence-electron chi connectivity index (χ2n) is 9.39. The van der Waals surface area contributed by atoms with Gasteiger partial charge in [-0.3, -0.25) is 9.79 Å². The predicted octanol–water partition coefficient (Wildman–Crippen LogP) is 5.23. The van der Waals surface area contributed by atoms with Crippen molar-refractivity contribution in [2.45, 2.75) is 55.3 Å². The Hall–Kier alpha value is -1.18. The molecule has 7 nitrogen and oxygen atoms in total. The van der Waals surface area contributed by atoms with Gasteiger partial charge in [-0.1, -0.05) is 18.2 Å². The van der Waals surface area contributed by atoms with Crippen molar-refractivity contribution >= 4 is 30.2 Å². The first-order chi connectivity index (χ1) is 14.6. The van der Waals surface area contributed by atoms with Gasteiger partial charge < -0.3 is 9.26 Å². The minimum atomic E-state index is -4.63. The zero-order chi connectivity index (χ0) is 21.9. The van der Waals surface area contributed by atoms with Gasteiger partial charge in [0.15, 0.2) is 0 Å². The lowest BCUT2D eigenvalue weighted by atomic mass is 9.54. The quantitative estimate of drug-likeness (QED) is 0.189. The largest absolute Gasteiger partial charge is 0.524 e. The Balaban J connectivity index is 1.34. The van der Waals surface area contributed by atoms with Crippen LogP contribution in [-0.2, 0) is 19.1 Å². The third-order valence-corrected chi connectivity index (χ3v) is 7.69. The Morgan fingerprint density at radius 1 is 1.06 bits per heavy atom. The summed E-state index contributed by atoms with van der Waals surface area (Å²) in [6.07, 6.45) is 5.35. The maximum Gasteiger partial charge on any atom is 0.524 e. The highest BCUT2D eigenvalue weighted by atomic mass is 35.5. The molecule has 2 N–H and O–H groups in total. The Labute approximate surface area is 185 Å². The monoisotopic (exact) mass is 468 g/mol. The molecule has 0 aromatic heterocycles. The third kappa shape index (κ3) is 4.51. The molecular formula is C22H26ClO7P. The smallest absolute Gasteiger partial charge is 0.404 e. The van der Waals surface area contributed by atoms with E-state index >= 15 is 0 Å². The number of ether oxygens (including phenoxy) is 1. The van der Waals surface area contributed by atoms with E-state index in [1.165, 1.54) is 12.5 Å². The van der Waals surface area contributed by atoms with Crippen molar-refractivity contribution in [1.29, 1.82) is 0 Å². The van der Waals surface area contributed by atoms with Gasteiger partial charge in [0.2, 0.25) is 6.29 Å². The summed E-state index contributed by atoms with van der Waals surface area (Å²) in [4.78, 5) is 29.8. The van der Waals surface area contributed by atoms with Crippen LogP contribution in [0, 0.1) is 11.8 Å². The average Bonchev–Trinajstić information content (AvgIpc) is 2.65. The van der Waals surface area contributed by atoms with E-state index in [2.05, 4.69) is 0 Å². The molecule has 2 aromatic carbocycles. The molecule has 4 bridgehead atoms. The molecule has 3 atom stereocenters. The van der Waals surface area contributed by atoms with Gasteiger partial charge in [-0.05, 0) is 79.3 Å². The van der Waals surface area contributed by atoms with Gasteiger partial charge in [0.1, 0.15) is 11.4 Å². The zero-order valence-electron chi connectivity index (χ0n) is 17.2. The van der Waals surface area contributed by atoms with E-state index in [0.29, 0.717) is 11.8 Å². The van der Waals surface area contributed by atoms with Gasteiger partial charge >= 0.3 is 7.82 Å². The van der Waals surface area contributed by atoms with Crippen LogP contribution in [0.1, 0.15) is 50.4 Å². The molecule has 4 aliphatic carbocycles. The molecule has 4 aliphatic rings. The van der Waals surface area contributed by atoms with Crippen molar-refractivity contribution in [3.8, 4) is 5.75 Å². The zero-order valence-corrected chi connectivity index (χ0v) is 18.8. The van der Waals surface area contributed by atoms with Crippen LogP contribution in [0.25, 0.3) is 10.8 Å². The van der Waals surface area contributed by atoms with Crippen molar-refractivity contribution < 1.29 is 33.4 Å². The van der Waals surface area contributed by atoms with Crippen molar-refractivity contribution in [2.24, 2.45) is 11.8 Å². The molecule has 0 radical (unpaired) electrons. The Morgan fingerprint density at radius 2 is 1.77 bits per heavy atom. The summed E-state index contributed by atoms with van der Waals surface area (Å²) in [5.41, 5.74) is 0.373. The Kier molecular flexibility index (Phi) is 5.38. The molecule has 0 aliphatic heterocycles. The maximum atomic E-state index is 11.1. The first-order valence-corrected chi connectivity index (χ1v) is 12.4. The average molecular weight is 469 g/mol. The standard InChI is InChI=1S/C22H26ClO7P/c1-27-20(28-30-22-11-14-6-15(12-22)10-21(23,9-14)13-22)17-3-2-16-4-5-19(8-18(16)7-17)29-31(24,25)26/h2-5,7-8,14-15,20H,6,9-13H2,1H3,(H2,24,25,26). The van der Waals surface area contributed by atoms with Gasteiger partial charge in [0.05, 0.1) is 0 Å². The lowest BCUT2D eigenvalue weighted by Gasteiger charge is -2.58. The van der Waals surface area contributed by atoms with E-state index in [-0.39, 0.29) is 16.2 Å². The van der Waals surface area contributed by atoms with E-state index in [9.17, 15) is 4.57 Å². The summed E-state index contributed by atoms with van der Waals surface area (Å²) >= 11 is 6.88. The van der Waals surface area contributed by atoms with Crippen LogP contribution in [-0.4, -0.2) is 27.4 Å². The molecule has 168 valence electrons. The van der Waals surface area contributed by atoms with Crippen LogP contribution in [0.4, 0.5) is 0 Å². The summed E-state index contributed by atoms with van der Waals surface area (Å²) in [6.45, 7) is 0. The molecule has 0 spiro atoms. The van der Waals surface area contributed by atoms with Crippen LogP contribution in [0.5, 0.6) is 5.75 Å². The molecule has 2 aromatic rings. The number of alkyl halides is 1. The number of hydrogen-bond acceptors (Lipinski definition) is 5. The van der Waals surface area contributed by atoms with Crippen molar-refractivity contribution in [1.82, 2.24) is 0 Å². The highest BCUT2D eigenvalue weighted by Gasteiger charge is 2.58. The van der Waals surface area contributed by atoms with Crippen LogP contribution in [0.2, 0.25) is 0 Å². The van der Waals surface area contributed by atoms with E-state index in [0.717, 1.165) is 48.4 Å². The molecule has 4 saturated carbocycles. The number of methoxy groups -OCH3 is 1. The number of halogens is 1. The van der Waals surface area contributed by atoms with Crippen LogP contribution in [0.3, 0.4) is 0 Å². The van der Waals surface area contributed by atoms with Gasteiger partial charge in [-0.2, -0.15) is 4.89 Å². The highest BCUT2D eigenvalue weighted by Crippen LogP contribution is 2.61. The van der Waals surface area contributed by atoms with Gasteiger partial charge in [0.25, 0.3) is 0 Å². The summed E-state index contributed by atoms with van der Waals surface area (Å²) < 4.78 is 21.4. The fraction of sp³-hybridized carbons (Fsp3) is 0.545. The van der Waals surface area contributed by atoms with Gasteiger partial charge in [-0.15, -0.1) is 11.6 Å². The fourth-order valence-corrected chi connectivity index (χ4v) is 7.20. The molecule has 0 saturated heterocycles. The van der Waals surface area contributed by atoms with E-state index < -0.39 is 14.1 Å². The summed E-state index contributed by atoms with van der Waals surface area (Å²) in [6, 6.07) is 10.4. The second kappa shape index (κ2) is 7.70. The van der Waals surface area contributed by atoms with Crippen LogP contribution in [0.15, 0.2) is 36.4 Å². The molecule has 6 rings (SSSR count). The van der Waals surface area contributed by atoms with Gasteiger partial charge in [-0.25, -0.2) is 9.45 Å². The maximum absolute atomic E-state index is 11.1. The van der Waals surface area contributed by atoms with Crippen LogP contribution >= 0.6 is 19.4 Å². The van der Waals surface area contributed by atoms with Crippen molar-refractivity contribution in [2.75, 3.05) is 7.11 Å². The van der Waals surface area contributed by atoms with E-state index in [4.69, 9.17) is 40.4 Å². The number of phosphoric ester groups is 1. The number of rotatable bonds is 7. The lowest BCUT2D eigenvalue weighted by molar-refractivity contribution is -0.441. The lowest BCUT2D eigenvalue weighted by Crippen LogP contribution is -2.57. The molecule has 4 fully saturated rings. The minimum Gasteiger partial charge on any atom is -0.404 e. The van der Waals surface area contributed by atoms with Crippen LogP contribution < -0.4 is 4.52 Å². The molecule has 9 heteroatoms. The predicted molar refractivity (Wildman–Crippen MR) is 115 cm³/mol. The number of hydrogen-bond donors (Lipinski definition) is 2. The number of fused-ring (bicyclic) bond motifs is 1. The molecular weight excluding hydrogens is 443 g/mol. The normalized spacial score (nSPS) is 33.0. The minimum absolute atomic E-state index is 0.0881. The van der Waals surface area contributed by atoms with E-state index in [1.807, 2.05) is 18.2 Å². The van der Waals surface area contributed by atoms with Crippen molar-refractivity contribution in [3.63, 3.8) is 0 Å². The third-order valence-electron chi connectivity index (χ3n) is 6.79. The summed E-state index contributed by atoms with van der Waals surface area (Å²) in [7, 11) is -3.08. The summed E-state index contributed by atoms with van der Waals surface area (Å²) in [5, 5.41) is 1.63. The molecule has 3 unspecified atom stereocenters. The molecule has 31 heavy (non-hydrogen) atoms. The Bertz CT molecular complexity index is 1020. The number of phosphoric acid groups is 1. The Morgan fingerprint density at radius 3 is 2.42 bits per heavy atom. The number of benzene rings is 2. The topological polar surface area (TPSA) is 94.5 Å². The SMILES string of the molecule is COC(OOC12CC3CC(CC(Cl)(C3)C1)C2)c1ccc2ccc(OP(=O)(O)O)cc2c1. The van der Waals surface area contributed by atoms with Gasteiger partial charge in [0, 0.05) is 17.5 Å². The first-order valence-electron chi connectivity index (χ1n) is 10.5. The fourth-order valence-electron chi connectivity index (χ4n) is 6.13. The highest BCUT2D eigenvalue weighted by molar-refractivity contribution is 7.46.